The predicted molar refractivity (Wildman–Crippen MR) is 37.9 cm³/mol. The monoisotopic (exact) mass is 150 g/mol. The molecule has 0 atom stereocenters. The molecule has 0 rings (SSSR count). The maximum Gasteiger partial charge on any atom is 0.0916 e. The van der Waals surface area contributed by atoms with Crippen molar-refractivity contribution in [3.63, 3.8) is 0 Å². The van der Waals surface area contributed by atoms with Crippen LogP contribution in [0.2, 0.25) is 0 Å². The van der Waals surface area contributed by atoms with Crippen LogP contribution in [0.15, 0.2) is 0 Å². The first kappa shape index (κ1) is 9.85. The van der Waals surface area contributed by atoms with Gasteiger partial charge in [0.05, 0.1) is 19.9 Å². The van der Waals surface area contributed by atoms with E-state index in [2.05, 4.69) is 0 Å². The van der Waals surface area contributed by atoms with Gasteiger partial charge in [0.25, 0.3) is 0 Å². The second-order valence-corrected chi connectivity index (χ2v) is 1.85. The van der Waals surface area contributed by atoms with Crippen molar-refractivity contribution in [2.75, 3.05) is 33.1 Å². The quantitative estimate of drug-likeness (QED) is 0.511. The molecule has 0 aliphatic heterocycles. The van der Waals surface area contributed by atoms with Gasteiger partial charge in [0.1, 0.15) is 0 Å². The maximum absolute atomic E-state index is 11.5. The fourth-order valence-corrected chi connectivity index (χ4v) is 0.521. The fraction of sp³-hybridized carbons (Fsp3) is 1.00. The number of halogens is 1. The molecule has 0 heterocycles. The average molecular weight is 150 g/mol. The summed E-state index contributed by atoms with van der Waals surface area (Å²) in [6.07, 6.45) is 0.492. The third kappa shape index (κ3) is 7.85. The van der Waals surface area contributed by atoms with Gasteiger partial charge in [-0.2, -0.15) is 0 Å². The third-order valence-corrected chi connectivity index (χ3v) is 0.998. The normalized spacial score (nSPS) is 10.2. The SMILES string of the molecule is CCOCCOCCCF. The first-order chi connectivity index (χ1) is 4.91. The molecule has 3 heteroatoms. The lowest BCUT2D eigenvalue weighted by molar-refractivity contribution is 0.0502. The van der Waals surface area contributed by atoms with Crippen molar-refractivity contribution in [3.05, 3.63) is 0 Å². The first-order valence-corrected chi connectivity index (χ1v) is 3.63. The van der Waals surface area contributed by atoms with Gasteiger partial charge < -0.3 is 9.47 Å². The largest absolute Gasteiger partial charge is 0.379 e. The van der Waals surface area contributed by atoms with Crippen LogP contribution < -0.4 is 0 Å². The van der Waals surface area contributed by atoms with Crippen LogP contribution in [0, 0.1) is 0 Å². The van der Waals surface area contributed by atoms with Crippen LogP contribution in [-0.2, 0) is 9.47 Å². The molecule has 10 heavy (non-hydrogen) atoms. The number of rotatable bonds is 7. The van der Waals surface area contributed by atoms with Gasteiger partial charge in [0.2, 0.25) is 0 Å². The van der Waals surface area contributed by atoms with Crippen LogP contribution in [0.3, 0.4) is 0 Å². The molecule has 0 aliphatic carbocycles. The van der Waals surface area contributed by atoms with E-state index in [1.807, 2.05) is 6.92 Å². The van der Waals surface area contributed by atoms with Crippen LogP contribution >= 0.6 is 0 Å². The molecule has 0 fully saturated rings. The Bertz CT molecular complexity index is 51.6. The van der Waals surface area contributed by atoms with E-state index in [1.54, 1.807) is 0 Å². The molecule has 0 aliphatic rings. The summed E-state index contributed by atoms with van der Waals surface area (Å²) in [6, 6.07) is 0. The number of hydrogen-bond donors (Lipinski definition) is 0. The van der Waals surface area contributed by atoms with Crippen molar-refractivity contribution < 1.29 is 13.9 Å². The minimum absolute atomic E-state index is 0.297. The van der Waals surface area contributed by atoms with E-state index >= 15 is 0 Å². The smallest absolute Gasteiger partial charge is 0.0916 e. The van der Waals surface area contributed by atoms with E-state index in [0.717, 1.165) is 0 Å². The molecule has 0 radical (unpaired) electrons. The molecular weight excluding hydrogens is 135 g/mol. The lowest BCUT2D eigenvalue weighted by Crippen LogP contribution is -2.05. The second-order valence-electron chi connectivity index (χ2n) is 1.85. The van der Waals surface area contributed by atoms with Crippen molar-refractivity contribution in [2.24, 2.45) is 0 Å². The summed E-state index contributed by atoms with van der Waals surface area (Å²) in [6.45, 7) is 4.04. The van der Waals surface area contributed by atoms with E-state index < -0.39 is 0 Å². The molecule has 0 aromatic carbocycles. The highest BCUT2D eigenvalue weighted by Gasteiger charge is 1.87. The Morgan fingerprint density at radius 3 is 2.40 bits per heavy atom. The zero-order valence-electron chi connectivity index (χ0n) is 6.44. The lowest BCUT2D eigenvalue weighted by Gasteiger charge is -2.01. The Morgan fingerprint density at radius 2 is 1.80 bits per heavy atom. The van der Waals surface area contributed by atoms with Crippen LogP contribution in [0.25, 0.3) is 0 Å². The predicted octanol–water partition coefficient (Wildman–Crippen LogP) is 1.40. The molecule has 0 aromatic rings. The molecule has 0 unspecified atom stereocenters. The van der Waals surface area contributed by atoms with Crippen molar-refractivity contribution >= 4 is 0 Å². The number of ether oxygens (including phenoxy) is 2. The van der Waals surface area contributed by atoms with Gasteiger partial charge in [-0.1, -0.05) is 0 Å². The lowest BCUT2D eigenvalue weighted by atomic mass is 10.5. The van der Waals surface area contributed by atoms with E-state index in [4.69, 9.17) is 9.47 Å². The van der Waals surface area contributed by atoms with Crippen molar-refractivity contribution in [1.29, 1.82) is 0 Å². The van der Waals surface area contributed by atoms with Crippen LogP contribution in [-0.4, -0.2) is 33.1 Å². The molecule has 0 bridgehead atoms. The third-order valence-electron chi connectivity index (χ3n) is 0.998. The maximum atomic E-state index is 11.5. The molecule has 0 spiro atoms. The summed E-state index contributed by atoms with van der Waals surface area (Å²) >= 11 is 0. The number of alkyl halides is 1. The Balaban J connectivity index is 2.65. The van der Waals surface area contributed by atoms with Crippen molar-refractivity contribution in [3.8, 4) is 0 Å². The highest BCUT2D eigenvalue weighted by Crippen LogP contribution is 1.83. The number of hydrogen-bond acceptors (Lipinski definition) is 2. The van der Waals surface area contributed by atoms with Crippen LogP contribution in [0.5, 0.6) is 0 Å². The first-order valence-electron chi connectivity index (χ1n) is 3.63. The van der Waals surface area contributed by atoms with Gasteiger partial charge in [-0.3, -0.25) is 4.39 Å². The summed E-state index contributed by atoms with van der Waals surface area (Å²) in [5.41, 5.74) is 0. The van der Waals surface area contributed by atoms with Crippen molar-refractivity contribution in [2.45, 2.75) is 13.3 Å². The van der Waals surface area contributed by atoms with Gasteiger partial charge in [-0.25, -0.2) is 0 Å². The standard InChI is InChI=1S/C7H15FO2/c1-2-9-6-7-10-5-3-4-8/h2-7H2,1H3. The average Bonchev–Trinajstić information content (AvgIpc) is 1.97. The summed E-state index contributed by atoms with van der Waals surface area (Å²) in [5.74, 6) is 0. The molecule has 2 nitrogen and oxygen atoms in total. The van der Waals surface area contributed by atoms with Gasteiger partial charge in [-0.15, -0.1) is 0 Å². The van der Waals surface area contributed by atoms with Crippen LogP contribution in [0.4, 0.5) is 4.39 Å². The minimum atomic E-state index is -0.297. The second kappa shape index (κ2) is 8.85. The van der Waals surface area contributed by atoms with Gasteiger partial charge >= 0.3 is 0 Å². The Kier molecular flexibility index (Phi) is 8.72. The summed E-state index contributed by atoms with van der Waals surface area (Å²) in [4.78, 5) is 0. The topological polar surface area (TPSA) is 18.5 Å². The molecular formula is C7H15FO2. The molecule has 0 saturated carbocycles. The molecule has 0 saturated heterocycles. The van der Waals surface area contributed by atoms with Crippen molar-refractivity contribution in [1.82, 2.24) is 0 Å². The van der Waals surface area contributed by atoms with Gasteiger partial charge in [-0.05, 0) is 13.3 Å². The Labute approximate surface area is 61.3 Å². The summed E-state index contributed by atoms with van der Waals surface area (Å²) in [5, 5.41) is 0. The highest BCUT2D eigenvalue weighted by atomic mass is 19.1. The molecule has 0 amide bonds. The van der Waals surface area contributed by atoms with Gasteiger partial charge in [0, 0.05) is 13.2 Å². The Hall–Kier alpha value is -0.150. The highest BCUT2D eigenvalue weighted by molar-refractivity contribution is 4.32. The van der Waals surface area contributed by atoms with E-state index in [0.29, 0.717) is 32.8 Å². The fourth-order valence-electron chi connectivity index (χ4n) is 0.521. The molecule has 62 valence electrons. The molecule has 0 aromatic heterocycles. The van der Waals surface area contributed by atoms with E-state index in [-0.39, 0.29) is 6.67 Å². The van der Waals surface area contributed by atoms with E-state index in [1.165, 1.54) is 0 Å². The zero-order chi connectivity index (χ0) is 7.66. The van der Waals surface area contributed by atoms with Gasteiger partial charge in [0.15, 0.2) is 0 Å². The van der Waals surface area contributed by atoms with E-state index in [9.17, 15) is 4.39 Å². The minimum Gasteiger partial charge on any atom is -0.379 e. The Morgan fingerprint density at radius 1 is 1.10 bits per heavy atom. The van der Waals surface area contributed by atoms with Crippen LogP contribution in [0.1, 0.15) is 13.3 Å². The molecule has 0 N–H and O–H groups in total. The summed E-state index contributed by atoms with van der Waals surface area (Å²) < 4.78 is 21.5. The summed E-state index contributed by atoms with van der Waals surface area (Å²) in [7, 11) is 0. The zero-order valence-corrected chi connectivity index (χ0v) is 6.44.